The fourth-order valence-corrected chi connectivity index (χ4v) is 1.42. The number of aromatic nitrogens is 2. The van der Waals surface area contributed by atoms with Gasteiger partial charge in [0.25, 0.3) is 0 Å². The molecule has 0 spiro atoms. The fourth-order valence-electron chi connectivity index (χ4n) is 1.42. The van der Waals surface area contributed by atoms with Crippen LogP contribution in [0.2, 0.25) is 0 Å². The minimum Gasteiger partial charge on any atom is -0.371 e. The van der Waals surface area contributed by atoms with Crippen molar-refractivity contribution in [3.05, 3.63) is 11.3 Å². The van der Waals surface area contributed by atoms with Gasteiger partial charge in [0.05, 0.1) is 0 Å². The predicted molar refractivity (Wildman–Crippen MR) is 44.8 cm³/mol. The van der Waals surface area contributed by atoms with Crippen LogP contribution >= 0.6 is 0 Å². The van der Waals surface area contributed by atoms with Crippen LogP contribution in [0.4, 0.5) is 5.82 Å². The third-order valence-corrected chi connectivity index (χ3v) is 2.27. The van der Waals surface area contributed by atoms with E-state index in [2.05, 4.69) is 22.4 Å². The number of hydrogen-bond acceptors (Lipinski definition) is 2. The van der Waals surface area contributed by atoms with Gasteiger partial charge in [0.2, 0.25) is 0 Å². The smallest absolute Gasteiger partial charge is 0.150 e. The Balaban J connectivity index is 2.33. The van der Waals surface area contributed by atoms with Crippen molar-refractivity contribution in [1.82, 2.24) is 10.2 Å². The van der Waals surface area contributed by atoms with Crippen LogP contribution in [-0.4, -0.2) is 17.2 Å². The van der Waals surface area contributed by atoms with E-state index in [0.29, 0.717) is 0 Å². The van der Waals surface area contributed by atoms with Crippen LogP contribution in [0, 0.1) is 6.92 Å². The summed E-state index contributed by atoms with van der Waals surface area (Å²) >= 11 is 0. The highest BCUT2D eigenvalue weighted by Gasteiger charge is 2.27. The normalized spacial score (nSPS) is 16.9. The molecule has 1 saturated carbocycles. The number of aromatic amines is 1. The zero-order valence-electron chi connectivity index (χ0n) is 6.94. The molecule has 11 heavy (non-hydrogen) atoms. The highest BCUT2D eigenvalue weighted by Crippen LogP contribution is 2.41. The quantitative estimate of drug-likeness (QED) is 0.674. The van der Waals surface area contributed by atoms with E-state index in [1.165, 1.54) is 24.1 Å². The van der Waals surface area contributed by atoms with Crippen molar-refractivity contribution in [2.45, 2.75) is 25.7 Å². The van der Waals surface area contributed by atoms with Crippen molar-refractivity contribution in [2.24, 2.45) is 0 Å². The Labute approximate surface area is 66.2 Å². The van der Waals surface area contributed by atoms with Crippen LogP contribution in [0.15, 0.2) is 0 Å². The van der Waals surface area contributed by atoms with E-state index in [9.17, 15) is 0 Å². The lowest BCUT2D eigenvalue weighted by Gasteiger charge is -1.95. The molecule has 1 aromatic rings. The van der Waals surface area contributed by atoms with Gasteiger partial charge in [-0.25, -0.2) is 0 Å². The lowest BCUT2D eigenvalue weighted by Crippen LogP contribution is -1.89. The first kappa shape index (κ1) is 6.70. The Morgan fingerprint density at radius 3 is 2.73 bits per heavy atom. The van der Waals surface area contributed by atoms with E-state index in [-0.39, 0.29) is 0 Å². The zero-order valence-corrected chi connectivity index (χ0v) is 6.94. The van der Waals surface area contributed by atoms with Crippen LogP contribution in [-0.2, 0) is 0 Å². The molecule has 0 saturated heterocycles. The summed E-state index contributed by atoms with van der Waals surface area (Å²) in [7, 11) is 1.90. The molecule has 0 bridgehead atoms. The summed E-state index contributed by atoms with van der Waals surface area (Å²) in [5.74, 6) is 1.76. The average molecular weight is 151 g/mol. The summed E-state index contributed by atoms with van der Waals surface area (Å²) in [5, 5.41) is 10.3. The number of rotatable bonds is 2. The van der Waals surface area contributed by atoms with E-state index >= 15 is 0 Å². The first-order valence-electron chi connectivity index (χ1n) is 4.05. The third kappa shape index (κ3) is 1.00. The molecular weight excluding hydrogens is 138 g/mol. The molecule has 60 valence electrons. The second-order valence-electron chi connectivity index (χ2n) is 3.14. The summed E-state index contributed by atoms with van der Waals surface area (Å²) in [6, 6.07) is 0. The first-order valence-corrected chi connectivity index (χ1v) is 4.05. The average Bonchev–Trinajstić information content (AvgIpc) is 2.77. The highest BCUT2D eigenvalue weighted by molar-refractivity contribution is 5.46. The van der Waals surface area contributed by atoms with Crippen LogP contribution < -0.4 is 5.32 Å². The van der Waals surface area contributed by atoms with Crippen molar-refractivity contribution in [1.29, 1.82) is 0 Å². The molecule has 0 atom stereocenters. The number of hydrogen-bond donors (Lipinski definition) is 2. The molecule has 0 aromatic carbocycles. The number of anilines is 1. The monoisotopic (exact) mass is 151 g/mol. The molecule has 2 N–H and O–H groups in total. The van der Waals surface area contributed by atoms with E-state index in [1.54, 1.807) is 0 Å². The maximum atomic E-state index is 4.16. The van der Waals surface area contributed by atoms with E-state index in [1.807, 2.05) is 7.05 Å². The number of H-pyrrole nitrogens is 1. The van der Waals surface area contributed by atoms with Crippen molar-refractivity contribution >= 4 is 5.82 Å². The maximum Gasteiger partial charge on any atom is 0.150 e. The maximum absolute atomic E-state index is 4.16. The minimum atomic E-state index is 0.768. The lowest BCUT2D eigenvalue weighted by atomic mass is 10.2. The molecule has 0 amide bonds. The van der Waals surface area contributed by atoms with E-state index in [0.717, 1.165) is 11.7 Å². The Kier molecular flexibility index (Phi) is 1.37. The van der Waals surface area contributed by atoms with Gasteiger partial charge in [-0.05, 0) is 19.8 Å². The van der Waals surface area contributed by atoms with Gasteiger partial charge >= 0.3 is 0 Å². The molecule has 1 aromatic heterocycles. The Bertz CT molecular complexity index is 260. The van der Waals surface area contributed by atoms with Crippen molar-refractivity contribution in [2.75, 3.05) is 12.4 Å². The second-order valence-corrected chi connectivity index (χ2v) is 3.14. The largest absolute Gasteiger partial charge is 0.371 e. The van der Waals surface area contributed by atoms with Crippen LogP contribution in [0.5, 0.6) is 0 Å². The Morgan fingerprint density at radius 1 is 1.55 bits per heavy atom. The number of nitrogens with zero attached hydrogens (tertiary/aromatic N) is 1. The minimum absolute atomic E-state index is 0.768. The molecule has 0 unspecified atom stereocenters. The van der Waals surface area contributed by atoms with Gasteiger partial charge in [0, 0.05) is 24.2 Å². The summed E-state index contributed by atoms with van der Waals surface area (Å²) in [4.78, 5) is 0. The van der Waals surface area contributed by atoms with Gasteiger partial charge < -0.3 is 5.32 Å². The predicted octanol–water partition coefficient (Wildman–Crippen LogP) is 1.64. The molecule has 1 fully saturated rings. The molecule has 1 aliphatic rings. The van der Waals surface area contributed by atoms with E-state index in [4.69, 9.17) is 0 Å². The molecule has 1 aliphatic carbocycles. The SMILES string of the molecule is CNc1n[nH]c(C2CC2)c1C. The topological polar surface area (TPSA) is 40.7 Å². The van der Waals surface area contributed by atoms with Gasteiger partial charge in [-0.3, -0.25) is 5.10 Å². The summed E-state index contributed by atoms with van der Waals surface area (Å²) in [6.45, 7) is 2.11. The molecule has 3 heteroatoms. The first-order chi connectivity index (χ1) is 5.33. The second kappa shape index (κ2) is 2.26. The standard InChI is InChI=1S/C8H13N3/c1-5-7(6-3-4-6)10-11-8(5)9-2/h6H,3-4H2,1-2H3,(H2,9,10,11). The van der Waals surface area contributed by atoms with Crippen LogP contribution in [0.1, 0.15) is 30.0 Å². The van der Waals surface area contributed by atoms with Crippen molar-refractivity contribution in [3.8, 4) is 0 Å². The molecule has 0 aliphatic heterocycles. The molecular formula is C8H13N3. The third-order valence-electron chi connectivity index (χ3n) is 2.27. The van der Waals surface area contributed by atoms with Crippen LogP contribution in [0.25, 0.3) is 0 Å². The lowest BCUT2D eigenvalue weighted by molar-refractivity contribution is 0.959. The van der Waals surface area contributed by atoms with Crippen LogP contribution in [0.3, 0.4) is 0 Å². The van der Waals surface area contributed by atoms with Crippen molar-refractivity contribution < 1.29 is 0 Å². The summed E-state index contributed by atoms with van der Waals surface area (Å²) in [5.41, 5.74) is 2.62. The van der Waals surface area contributed by atoms with E-state index < -0.39 is 0 Å². The number of nitrogens with one attached hydrogen (secondary N) is 2. The van der Waals surface area contributed by atoms with Crippen molar-refractivity contribution in [3.63, 3.8) is 0 Å². The molecule has 2 rings (SSSR count). The summed E-state index contributed by atoms with van der Waals surface area (Å²) in [6.07, 6.45) is 2.65. The van der Waals surface area contributed by atoms with Gasteiger partial charge in [-0.15, -0.1) is 0 Å². The van der Waals surface area contributed by atoms with Gasteiger partial charge in [0.1, 0.15) is 0 Å². The Hall–Kier alpha value is -0.990. The Morgan fingerprint density at radius 2 is 2.27 bits per heavy atom. The zero-order chi connectivity index (χ0) is 7.84. The highest BCUT2D eigenvalue weighted by atomic mass is 15.2. The fraction of sp³-hybridized carbons (Fsp3) is 0.625. The van der Waals surface area contributed by atoms with Gasteiger partial charge in [-0.2, -0.15) is 5.10 Å². The molecule has 3 nitrogen and oxygen atoms in total. The van der Waals surface area contributed by atoms with Gasteiger partial charge in [0.15, 0.2) is 5.82 Å². The molecule has 0 radical (unpaired) electrons. The summed E-state index contributed by atoms with van der Waals surface area (Å²) < 4.78 is 0. The van der Waals surface area contributed by atoms with Gasteiger partial charge in [-0.1, -0.05) is 0 Å². The molecule has 1 heterocycles.